The number of fused-ring (bicyclic) bond motifs is 5. The number of amides is 2. The fourth-order valence-electron chi connectivity index (χ4n) is 5.30. The Balaban J connectivity index is 0.978. The number of aromatic nitrogens is 4. The van der Waals surface area contributed by atoms with Crippen molar-refractivity contribution in [1.82, 2.24) is 24.4 Å². The molecule has 41 heavy (non-hydrogen) atoms. The molecule has 0 saturated carbocycles. The molecule has 2 N–H and O–H groups in total. The van der Waals surface area contributed by atoms with Crippen LogP contribution in [0.3, 0.4) is 0 Å². The number of rotatable bonds is 7. The molecule has 2 saturated heterocycles. The van der Waals surface area contributed by atoms with Crippen LogP contribution >= 0.6 is 11.3 Å². The molecule has 2 amide bonds. The Morgan fingerprint density at radius 1 is 1.15 bits per heavy atom. The number of nitrogens with zero attached hydrogens (tertiary/aromatic N) is 5. The lowest BCUT2D eigenvalue weighted by Crippen LogP contribution is -2.39. The number of hydrogen-bond acceptors (Lipinski definition) is 9. The van der Waals surface area contributed by atoms with Gasteiger partial charge in [0.25, 0.3) is 0 Å². The number of nitrogens with one attached hydrogen (secondary N) is 2. The van der Waals surface area contributed by atoms with E-state index in [0.717, 1.165) is 52.7 Å². The third-order valence-corrected chi connectivity index (χ3v) is 8.47. The van der Waals surface area contributed by atoms with Crippen LogP contribution in [0.25, 0.3) is 26.6 Å². The first-order valence-electron chi connectivity index (χ1n) is 13.7. The van der Waals surface area contributed by atoms with Crippen LogP contribution in [0.1, 0.15) is 33.0 Å². The molecule has 7 rings (SSSR count). The summed E-state index contributed by atoms with van der Waals surface area (Å²) in [6, 6.07) is 13.4. The van der Waals surface area contributed by atoms with Crippen LogP contribution in [0.4, 0.5) is 16.3 Å². The highest BCUT2D eigenvalue weighted by Gasteiger charge is 2.38. The summed E-state index contributed by atoms with van der Waals surface area (Å²) in [5.74, 6) is 1.70. The van der Waals surface area contributed by atoms with Crippen LogP contribution in [-0.4, -0.2) is 68.9 Å². The maximum Gasteiger partial charge on any atom is 0.324 e. The number of carbonyl (C=O) groups is 1. The van der Waals surface area contributed by atoms with E-state index in [1.807, 2.05) is 63.4 Å². The summed E-state index contributed by atoms with van der Waals surface area (Å²) in [6.07, 6.45) is 3.55. The standard InChI is InChI=1S/C29H31N7O4S/c1-29(2,3)23-13-24(34-40-23)32-27(37)30-18-6-4-17(5-7-18)21-15-36-22-8-9-25(33-26(22)41-28(36)31-21)38-11-10-35-14-20-12-19(35)16-39-20/h4-9,13,15,19-20H,10-12,14,16H2,1-3H3,(H2,30,32,34,37)/t19-,20-/m0/s1. The molecule has 2 bridgehead atoms. The fourth-order valence-corrected chi connectivity index (χ4v) is 6.27. The van der Waals surface area contributed by atoms with E-state index in [1.165, 1.54) is 11.3 Å². The highest BCUT2D eigenvalue weighted by Crippen LogP contribution is 2.31. The third kappa shape index (κ3) is 5.25. The van der Waals surface area contributed by atoms with Crippen LogP contribution in [0, 0.1) is 0 Å². The number of anilines is 2. The normalized spacial score (nSPS) is 18.9. The molecule has 2 atom stereocenters. The van der Waals surface area contributed by atoms with Gasteiger partial charge in [0.05, 0.1) is 23.9 Å². The minimum Gasteiger partial charge on any atom is -0.476 e. The summed E-state index contributed by atoms with van der Waals surface area (Å²) >= 11 is 1.53. The molecule has 4 aromatic heterocycles. The predicted molar refractivity (Wildman–Crippen MR) is 157 cm³/mol. The van der Waals surface area contributed by atoms with Gasteiger partial charge < -0.3 is 19.3 Å². The highest BCUT2D eigenvalue weighted by molar-refractivity contribution is 7.23. The van der Waals surface area contributed by atoms with Crippen molar-refractivity contribution in [3.8, 4) is 17.1 Å². The maximum atomic E-state index is 12.4. The first-order chi connectivity index (χ1) is 19.8. The lowest BCUT2D eigenvalue weighted by molar-refractivity contribution is 0.0256. The van der Waals surface area contributed by atoms with Crippen molar-refractivity contribution in [3.63, 3.8) is 0 Å². The van der Waals surface area contributed by atoms with E-state index >= 15 is 0 Å². The van der Waals surface area contributed by atoms with Crippen LogP contribution in [0.15, 0.2) is 53.2 Å². The SMILES string of the molecule is CC(C)(C)c1cc(NC(=O)Nc2ccc(-c3cn4c(n3)sc3nc(OCCN5C[C@@H]6C[C@H]5CO6)ccc34)cc2)no1. The molecule has 5 aromatic rings. The minimum absolute atomic E-state index is 0.190. The molecule has 0 unspecified atom stereocenters. The molecule has 0 spiro atoms. The monoisotopic (exact) mass is 573 g/mol. The van der Waals surface area contributed by atoms with Crippen LogP contribution in [-0.2, 0) is 10.2 Å². The predicted octanol–water partition coefficient (Wildman–Crippen LogP) is 5.39. The average Bonchev–Trinajstić information content (AvgIpc) is 3.75. The molecule has 2 aliphatic heterocycles. The number of urea groups is 1. The van der Waals surface area contributed by atoms with Gasteiger partial charge in [0.1, 0.15) is 17.2 Å². The molecule has 12 heteroatoms. The molecular weight excluding hydrogens is 542 g/mol. The summed E-state index contributed by atoms with van der Waals surface area (Å²) in [6.45, 7) is 9.40. The molecular formula is C29H31N7O4S. The molecule has 212 valence electrons. The Morgan fingerprint density at radius 3 is 2.73 bits per heavy atom. The second kappa shape index (κ2) is 10.1. The first-order valence-corrected chi connectivity index (χ1v) is 14.5. The van der Waals surface area contributed by atoms with Crippen molar-refractivity contribution in [2.45, 2.75) is 44.8 Å². The van der Waals surface area contributed by atoms with Gasteiger partial charge in [-0.25, -0.2) is 14.8 Å². The first kappa shape index (κ1) is 25.9. The minimum atomic E-state index is -0.394. The number of morpholine rings is 1. The van der Waals surface area contributed by atoms with Crippen molar-refractivity contribution in [1.29, 1.82) is 0 Å². The molecule has 0 aliphatic carbocycles. The number of imidazole rings is 1. The van der Waals surface area contributed by atoms with Gasteiger partial charge in [-0.15, -0.1) is 0 Å². The van der Waals surface area contributed by atoms with Crippen molar-refractivity contribution in [2.24, 2.45) is 0 Å². The van der Waals surface area contributed by atoms with Gasteiger partial charge in [-0.3, -0.25) is 14.6 Å². The zero-order valence-corrected chi connectivity index (χ0v) is 23.9. The van der Waals surface area contributed by atoms with Crippen LogP contribution in [0.5, 0.6) is 5.88 Å². The molecule has 11 nitrogen and oxygen atoms in total. The number of hydrogen-bond donors (Lipinski definition) is 2. The highest BCUT2D eigenvalue weighted by atomic mass is 32.1. The number of thiazole rings is 1. The topological polar surface area (TPSA) is 119 Å². The van der Waals surface area contributed by atoms with Gasteiger partial charge in [0.2, 0.25) is 5.88 Å². The third-order valence-electron chi connectivity index (χ3n) is 7.51. The summed E-state index contributed by atoms with van der Waals surface area (Å²) in [4.78, 5) is 26.2. The second-order valence-electron chi connectivity index (χ2n) is 11.5. The fraction of sp³-hybridized carbons (Fsp3) is 0.379. The van der Waals surface area contributed by atoms with E-state index in [4.69, 9.17) is 24.0 Å². The Bertz CT molecular complexity index is 1720. The van der Waals surface area contributed by atoms with E-state index in [0.29, 0.717) is 41.9 Å². The summed E-state index contributed by atoms with van der Waals surface area (Å²) in [5.41, 5.74) is 3.24. The van der Waals surface area contributed by atoms with Crippen LogP contribution in [0.2, 0.25) is 0 Å². The maximum absolute atomic E-state index is 12.4. The Hall–Kier alpha value is -4.00. The Kier molecular flexibility index (Phi) is 6.40. The van der Waals surface area contributed by atoms with Gasteiger partial charge in [0, 0.05) is 54.1 Å². The quantitative estimate of drug-likeness (QED) is 0.266. The Morgan fingerprint density at radius 2 is 2.00 bits per heavy atom. The lowest BCUT2D eigenvalue weighted by Gasteiger charge is -2.26. The van der Waals surface area contributed by atoms with Gasteiger partial charge in [-0.1, -0.05) is 49.4 Å². The van der Waals surface area contributed by atoms with Gasteiger partial charge in [-0.2, -0.15) is 0 Å². The summed E-state index contributed by atoms with van der Waals surface area (Å²) < 4.78 is 19.0. The van der Waals surface area contributed by atoms with Crippen molar-refractivity contribution in [2.75, 3.05) is 36.9 Å². The smallest absolute Gasteiger partial charge is 0.324 e. The van der Waals surface area contributed by atoms with Gasteiger partial charge >= 0.3 is 6.03 Å². The van der Waals surface area contributed by atoms with E-state index in [9.17, 15) is 4.79 Å². The molecule has 0 radical (unpaired) electrons. The lowest BCUT2D eigenvalue weighted by atomic mass is 9.93. The number of carbonyl (C=O) groups excluding carboxylic acids is 1. The molecule has 2 aliphatic rings. The van der Waals surface area contributed by atoms with Crippen molar-refractivity contribution >= 4 is 44.2 Å². The number of likely N-dealkylation sites (tertiary alicyclic amines) is 1. The van der Waals surface area contributed by atoms with E-state index < -0.39 is 6.03 Å². The zero-order chi connectivity index (χ0) is 28.1. The summed E-state index contributed by atoms with van der Waals surface area (Å²) in [5, 5.41) is 9.45. The molecule has 1 aromatic carbocycles. The molecule has 6 heterocycles. The van der Waals surface area contributed by atoms with E-state index in [2.05, 4.69) is 25.1 Å². The Labute approximate surface area is 240 Å². The number of ether oxygens (including phenoxy) is 2. The second-order valence-corrected chi connectivity index (χ2v) is 12.5. The van der Waals surface area contributed by atoms with E-state index in [1.54, 1.807) is 6.07 Å². The van der Waals surface area contributed by atoms with Crippen molar-refractivity contribution in [3.05, 3.63) is 54.4 Å². The summed E-state index contributed by atoms with van der Waals surface area (Å²) in [7, 11) is 0. The van der Waals surface area contributed by atoms with Crippen molar-refractivity contribution < 1.29 is 18.8 Å². The van der Waals surface area contributed by atoms with Crippen LogP contribution < -0.4 is 15.4 Å². The van der Waals surface area contributed by atoms with Gasteiger partial charge in [0.15, 0.2) is 10.8 Å². The van der Waals surface area contributed by atoms with E-state index in [-0.39, 0.29) is 5.41 Å². The number of pyridine rings is 1. The molecule has 2 fully saturated rings. The zero-order valence-electron chi connectivity index (χ0n) is 23.1. The largest absolute Gasteiger partial charge is 0.476 e. The average molecular weight is 574 g/mol. The van der Waals surface area contributed by atoms with Gasteiger partial charge in [-0.05, 0) is 24.6 Å². The number of benzene rings is 1.